The van der Waals surface area contributed by atoms with Crippen molar-refractivity contribution in [3.63, 3.8) is 0 Å². The third kappa shape index (κ3) is 9.04. The molecule has 0 aliphatic carbocycles. The molecule has 0 saturated heterocycles. The zero-order valence-corrected chi connectivity index (χ0v) is 13.7. The zero-order chi connectivity index (χ0) is 15.3. The summed E-state index contributed by atoms with van der Waals surface area (Å²) in [6.07, 6.45) is 1.88. The Bertz CT molecular complexity index is 271. The average molecular weight is 272 g/mol. The summed E-state index contributed by atoms with van der Waals surface area (Å²) < 4.78 is 5.19. The van der Waals surface area contributed by atoms with E-state index in [-0.39, 0.29) is 35.2 Å². The highest BCUT2D eigenvalue weighted by molar-refractivity contribution is 5.65. The molecule has 0 amide bonds. The van der Waals surface area contributed by atoms with Gasteiger partial charge in [-0.1, -0.05) is 41.5 Å². The molecule has 0 bridgehead atoms. The van der Waals surface area contributed by atoms with Crippen molar-refractivity contribution in [2.45, 2.75) is 61.3 Å². The number of esters is 1. The number of hydrogen-bond acceptors (Lipinski definition) is 3. The Kier molecular flexibility index (Phi) is 7.06. The van der Waals surface area contributed by atoms with Crippen LogP contribution in [0.5, 0.6) is 0 Å². The highest BCUT2D eigenvalue weighted by Crippen LogP contribution is 2.35. The molecule has 0 heterocycles. The van der Waals surface area contributed by atoms with Crippen LogP contribution in [0.15, 0.2) is 0 Å². The maximum absolute atomic E-state index is 11.0. The quantitative estimate of drug-likeness (QED) is 0.751. The summed E-state index contributed by atoms with van der Waals surface area (Å²) in [6.45, 7) is 15.1. The number of carbonyl (C=O) groups excluding carboxylic acids is 1. The summed E-state index contributed by atoms with van der Waals surface area (Å²) in [5.41, 5.74) is 0.276. The van der Waals surface area contributed by atoms with Crippen LogP contribution in [-0.2, 0) is 9.53 Å². The van der Waals surface area contributed by atoms with Gasteiger partial charge in [0.1, 0.15) is 0 Å². The Morgan fingerprint density at radius 1 is 1.16 bits per heavy atom. The molecule has 2 unspecified atom stereocenters. The van der Waals surface area contributed by atoms with E-state index < -0.39 is 0 Å². The second kappa shape index (κ2) is 7.28. The first-order valence-corrected chi connectivity index (χ1v) is 7.20. The van der Waals surface area contributed by atoms with Crippen molar-refractivity contribution in [2.24, 2.45) is 22.7 Å². The number of carbonyl (C=O) groups is 1. The van der Waals surface area contributed by atoms with Gasteiger partial charge in [0.25, 0.3) is 0 Å². The van der Waals surface area contributed by atoms with Crippen LogP contribution in [0.3, 0.4) is 0 Å². The fourth-order valence-corrected chi connectivity index (χ4v) is 2.38. The summed E-state index contributed by atoms with van der Waals surface area (Å²) in [5, 5.41) is 9.57. The van der Waals surface area contributed by atoms with E-state index in [1.165, 1.54) is 6.92 Å². The van der Waals surface area contributed by atoms with Crippen LogP contribution < -0.4 is 0 Å². The SMILES string of the molecule is CC(=O)OCC(CC(CO)CC(C)(C)C)C(C)(C)C. The molecule has 0 rings (SSSR count). The van der Waals surface area contributed by atoms with Crippen molar-refractivity contribution >= 4 is 5.97 Å². The summed E-state index contributed by atoms with van der Waals surface area (Å²) in [5.74, 6) is 0.307. The van der Waals surface area contributed by atoms with Gasteiger partial charge >= 0.3 is 5.97 Å². The van der Waals surface area contributed by atoms with Crippen LogP contribution in [0.1, 0.15) is 61.3 Å². The average Bonchev–Trinajstić information content (AvgIpc) is 2.18. The highest BCUT2D eigenvalue weighted by atomic mass is 16.5. The van der Waals surface area contributed by atoms with Gasteiger partial charge in [0.15, 0.2) is 0 Å². The molecule has 114 valence electrons. The molecule has 0 radical (unpaired) electrons. The second-order valence-electron chi connectivity index (χ2n) is 7.91. The van der Waals surface area contributed by atoms with Crippen molar-refractivity contribution in [2.75, 3.05) is 13.2 Å². The molecular formula is C16H32O3. The third-order valence-corrected chi connectivity index (χ3v) is 3.49. The van der Waals surface area contributed by atoms with E-state index in [9.17, 15) is 9.90 Å². The van der Waals surface area contributed by atoms with Gasteiger partial charge in [-0.15, -0.1) is 0 Å². The van der Waals surface area contributed by atoms with Crippen molar-refractivity contribution in [1.29, 1.82) is 0 Å². The standard InChI is InChI=1S/C16H32O3/c1-12(18)19-11-14(16(5,6)7)8-13(10-17)9-15(2,3)4/h13-14,17H,8-11H2,1-7H3. The largest absolute Gasteiger partial charge is 0.466 e. The Labute approximate surface area is 118 Å². The van der Waals surface area contributed by atoms with Gasteiger partial charge in [-0.3, -0.25) is 4.79 Å². The van der Waals surface area contributed by atoms with Crippen molar-refractivity contribution in [3.05, 3.63) is 0 Å². The molecular weight excluding hydrogens is 240 g/mol. The van der Waals surface area contributed by atoms with Crippen molar-refractivity contribution in [3.8, 4) is 0 Å². The van der Waals surface area contributed by atoms with Gasteiger partial charge in [-0.25, -0.2) is 0 Å². The smallest absolute Gasteiger partial charge is 0.302 e. The maximum Gasteiger partial charge on any atom is 0.302 e. The van der Waals surface area contributed by atoms with Crippen LogP contribution >= 0.6 is 0 Å². The minimum atomic E-state index is -0.231. The lowest BCUT2D eigenvalue weighted by Gasteiger charge is -2.34. The molecule has 0 aliphatic heterocycles. The molecule has 0 aromatic heterocycles. The second-order valence-corrected chi connectivity index (χ2v) is 7.91. The highest BCUT2D eigenvalue weighted by Gasteiger charge is 2.30. The molecule has 0 saturated carbocycles. The van der Waals surface area contributed by atoms with Gasteiger partial charge in [0.2, 0.25) is 0 Å². The van der Waals surface area contributed by atoms with Crippen LogP contribution in [-0.4, -0.2) is 24.3 Å². The number of ether oxygens (including phenoxy) is 1. The number of rotatable bonds is 6. The molecule has 0 aromatic rings. The molecule has 2 atom stereocenters. The summed E-state index contributed by atoms with van der Waals surface area (Å²) in [4.78, 5) is 11.0. The molecule has 3 heteroatoms. The van der Waals surface area contributed by atoms with E-state index in [0.29, 0.717) is 6.61 Å². The van der Waals surface area contributed by atoms with E-state index in [1.54, 1.807) is 0 Å². The lowest BCUT2D eigenvalue weighted by Crippen LogP contribution is -2.30. The minimum absolute atomic E-state index is 0.0702. The fraction of sp³-hybridized carbons (Fsp3) is 0.938. The molecule has 3 nitrogen and oxygen atoms in total. The van der Waals surface area contributed by atoms with Gasteiger partial charge in [-0.2, -0.15) is 0 Å². The Balaban J connectivity index is 4.64. The maximum atomic E-state index is 11.0. The van der Waals surface area contributed by atoms with E-state index in [1.807, 2.05) is 0 Å². The van der Waals surface area contributed by atoms with Crippen LogP contribution in [0.4, 0.5) is 0 Å². The molecule has 0 spiro atoms. The fourth-order valence-electron chi connectivity index (χ4n) is 2.38. The van der Waals surface area contributed by atoms with E-state index >= 15 is 0 Å². The van der Waals surface area contributed by atoms with E-state index in [4.69, 9.17) is 4.74 Å². The van der Waals surface area contributed by atoms with Gasteiger partial charge in [0, 0.05) is 13.5 Å². The predicted molar refractivity (Wildman–Crippen MR) is 78.8 cm³/mol. The van der Waals surface area contributed by atoms with Crippen LogP contribution in [0, 0.1) is 22.7 Å². The number of aliphatic hydroxyl groups excluding tert-OH is 1. The summed E-state index contributed by atoms with van der Waals surface area (Å²) in [6, 6.07) is 0. The van der Waals surface area contributed by atoms with Gasteiger partial charge in [0.05, 0.1) is 6.61 Å². The Hall–Kier alpha value is -0.570. The first-order valence-electron chi connectivity index (χ1n) is 7.20. The number of aliphatic hydroxyl groups is 1. The van der Waals surface area contributed by atoms with Gasteiger partial charge in [-0.05, 0) is 35.5 Å². The van der Waals surface area contributed by atoms with Crippen LogP contribution in [0.25, 0.3) is 0 Å². The zero-order valence-electron chi connectivity index (χ0n) is 13.7. The Morgan fingerprint density at radius 3 is 2.00 bits per heavy atom. The predicted octanol–water partition coefficient (Wildman–Crippen LogP) is 3.65. The Morgan fingerprint density at radius 2 is 1.68 bits per heavy atom. The molecule has 19 heavy (non-hydrogen) atoms. The van der Waals surface area contributed by atoms with Crippen molar-refractivity contribution in [1.82, 2.24) is 0 Å². The molecule has 1 N–H and O–H groups in total. The van der Waals surface area contributed by atoms with E-state index in [2.05, 4.69) is 41.5 Å². The molecule has 0 aliphatic rings. The summed E-state index contributed by atoms with van der Waals surface area (Å²) in [7, 11) is 0. The van der Waals surface area contributed by atoms with Crippen LogP contribution in [0.2, 0.25) is 0 Å². The minimum Gasteiger partial charge on any atom is -0.466 e. The lowest BCUT2D eigenvalue weighted by atomic mass is 9.73. The van der Waals surface area contributed by atoms with Gasteiger partial charge < -0.3 is 9.84 Å². The lowest BCUT2D eigenvalue weighted by molar-refractivity contribution is -0.143. The molecule has 0 aromatic carbocycles. The normalized spacial score (nSPS) is 16.0. The van der Waals surface area contributed by atoms with Crippen molar-refractivity contribution < 1.29 is 14.6 Å². The molecule has 0 fully saturated rings. The topological polar surface area (TPSA) is 46.5 Å². The monoisotopic (exact) mass is 272 g/mol. The third-order valence-electron chi connectivity index (χ3n) is 3.49. The summed E-state index contributed by atoms with van der Waals surface area (Å²) >= 11 is 0. The van der Waals surface area contributed by atoms with E-state index in [0.717, 1.165) is 12.8 Å². The first-order chi connectivity index (χ1) is 8.45. The number of hydrogen-bond donors (Lipinski definition) is 1. The first kappa shape index (κ1) is 18.4.